The summed E-state index contributed by atoms with van der Waals surface area (Å²) in [5.74, 6) is -1.56. The smallest absolute Gasteiger partial charge is 0.352 e. The third kappa shape index (κ3) is 2.52. The van der Waals surface area contributed by atoms with Crippen LogP contribution in [0.5, 0.6) is 0 Å². The van der Waals surface area contributed by atoms with Crippen molar-refractivity contribution in [1.29, 1.82) is 0 Å². The lowest BCUT2D eigenvalue weighted by molar-refractivity contribution is 0.0688. The van der Waals surface area contributed by atoms with Gasteiger partial charge in [0.15, 0.2) is 0 Å². The molecule has 0 aliphatic carbocycles. The lowest BCUT2D eigenvalue weighted by Crippen LogP contribution is -2.07. The molecule has 0 aliphatic heterocycles. The van der Waals surface area contributed by atoms with Crippen LogP contribution in [-0.2, 0) is 0 Å². The topological polar surface area (TPSA) is 42.2 Å². The molecule has 0 bridgehead atoms. The molecule has 1 N–H and O–H groups in total. The molecule has 2 rings (SSSR count). The maximum absolute atomic E-state index is 13.7. The Hall–Kier alpha value is -0.890. The van der Waals surface area contributed by atoms with Gasteiger partial charge in [0.25, 0.3) is 0 Å². The number of halogens is 3. The summed E-state index contributed by atoms with van der Waals surface area (Å²) in [5, 5.41) is 9.04. The zero-order valence-electron chi connectivity index (χ0n) is 8.32. The molecule has 0 saturated carbocycles. The predicted molar refractivity (Wildman–Crippen MR) is 73.1 cm³/mol. The molecule has 0 fully saturated rings. The molecule has 0 radical (unpaired) electrons. The van der Waals surface area contributed by atoms with Crippen LogP contribution in [0.1, 0.15) is 10.5 Å². The van der Waals surface area contributed by atoms with Crippen molar-refractivity contribution in [3.05, 3.63) is 50.0 Å². The minimum Gasteiger partial charge on any atom is -0.477 e. The highest BCUT2D eigenvalue weighted by molar-refractivity contribution is 14.1. The van der Waals surface area contributed by atoms with E-state index < -0.39 is 11.8 Å². The van der Waals surface area contributed by atoms with Gasteiger partial charge in [-0.1, -0.05) is 15.9 Å². The minimum atomic E-state index is -1.09. The zero-order chi connectivity index (χ0) is 12.6. The van der Waals surface area contributed by atoms with E-state index >= 15 is 0 Å². The van der Waals surface area contributed by atoms with E-state index in [-0.39, 0.29) is 11.4 Å². The van der Waals surface area contributed by atoms with Gasteiger partial charge in [-0.25, -0.2) is 9.18 Å². The second-order valence-electron chi connectivity index (χ2n) is 3.31. The Morgan fingerprint density at radius 3 is 2.76 bits per heavy atom. The fraction of sp³-hybridized carbons (Fsp3) is 0. The van der Waals surface area contributed by atoms with Crippen molar-refractivity contribution in [3.8, 4) is 5.69 Å². The summed E-state index contributed by atoms with van der Waals surface area (Å²) in [6, 6.07) is 5.88. The van der Waals surface area contributed by atoms with Crippen molar-refractivity contribution < 1.29 is 14.3 Å². The molecule has 3 nitrogen and oxygen atoms in total. The first-order valence-corrected chi connectivity index (χ1v) is 6.43. The van der Waals surface area contributed by atoms with Crippen LogP contribution >= 0.6 is 38.5 Å². The van der Waals surface area contributed by atoms with E-state index in [2.05, 4.69) is 15.9 Å². The molecule has 0 unspecified atom stereocenters. The van der Waals surface area contributed by atoms with Crippen molar-refractivity contribution in [3.63, 3.8) is 0 Å². The van der Waals surface area contributed by atoms with Gasteiger partial charge in [0.2, 0.25) is 0 Å². The van der Waals surface area contributed by atoms with E-state index in [1.807, 2.05) is 22.6 Å². The summed E-state index contributed by atoms with van der Waals surface area (Å²) < 4.78 is 16.4. The summed E-state index contributed by atoms with van der Waals surface area (Å²) in [7, 11) is 0. The van der Waals surface area contributed by atoms with Crippen molar-refractivity contribution in [1.82, 2.24) is 4.57 Å². The molecule has 17 heavy (non-hydrogen) atoms. The van der Waals surface area contributed by atoms with Gasteiger partial charge in [-0.3, -0.25) is 0 Å². The lowest BCUT2D eigenvalue weighted by Gasteiger charge is -2.07. The quantitative estimate of drug-likeness (QED) is 0.769. The third-order valence-electron chi connectivity index (χ3n) is 2.17. The number of hydrogen-bond acceptors (Lipinski definition) is 1. The van der Waals surface area contributed by atoms with Crippen LogP contribution < -0.4 is 0 Å². The van der Waals surface area contributed by atoms with Crippen molar-refractivity contribution >= 4 is 44.5 Å². The molecule has 6 heteroatoms. The van der Waals surface area contributed by atoms with E-state index in [1.165, 1.54) is 22.8 Å². The number of aromatic nitrogens is 1. The first-order valence-electron chi connectivity index (χ1n) is 4.55. The number of rotatable bonds is 2. The first kappa shape index (κ1) is 12.6. The average Bonchev–Trinajstić information content (AvgIpc) is 2.64. The van der Waals surface area contributed by atoms with Gasteiger partial charge < -0.3 is 9.67 Å². The third-order valence-corrected chi connectivity index (χ3v) is 3.26. The molecule has 0 amide bonds. The number of carbonyl (C=O) groups is 1. The molecule has 88 valence electrons. The van der Waals surface area contributed by atoms with Gasteiger partial charge in [0, 0.05) is 14.2 Å². The van der Waals surface area contributed by atoms with Crippen LogP contribution in [0.3, 0.4) is 0 Å². The average molecular weight is 410 g/mol. The maximum atomic E-state index is 13.7. The van der Waals surface area contributed by atoms with Gasteiger partial charge in [-0.15, -0.1) is 0 Å². The minimum absolute atomic E-state index is 0.0337. The van der Waals surface area contributed by atoms with Crippen LogP contribution in [0.4, 0.5) is 4.39 Å². The highest BCUT2D eigenvalue weighted by Crippen LogP contribution is 2.23. The Kier molecular flexibility index (Phi) is 3.53. The predicted octanol–water partition coefficient (Wildman–Crippen LogP) is 3.68. The fourth-order valence-electron chi connectivity index (χ4n) is 1.46. The van der Waals surface area contributed by atoms with Crippen LogP contribution in [0.25, 0.3) is 5.69 Å². The summed E-state index contributed by atoms with van der Waals surface area (Å²) >= 11 is 5.22. The fourth-order valence-corrected chi connectivity index (χ4v) is 2.39. The molecule has 1 aromatic heterocycles. The zero-order valence-corrected chi connectivity index (χ0v) is 12.1. The molecule has 0 spiro atoms. The van der Waals surface area contributed by atoms with Gasteiger partial charge in [0.1, 0.15) is 11.5 Å². The summed E-state index contributed by atoms with van der Waals surface area (Å²) in [6.07, 6.45) is 1.58. The largest absolute Gasteiger partial charge is 0.477 e. The van der Waals surface area contributed by atoms with E-state index in [4.69, 9.17) is 5.11 Å². The van der Waals surface area contributed by atoms with E-state index in [1.54, 1.807) is 12.3 Å². The number of benzene rings is 1. The number of carboxylic acid groups (broad SMARTS) is 1. The Labute approximate surface area is 119 Å². The molecular weight excluding hydrogens is 404 g/mol. The normalized spacial score (nSPS) is 10.5. The maximum Gasteiger partial charge on any atom is 0.352 e. The second-order valence-corrected chi connectivity index (χ2v) is 5.48. The monoisotopic (exact) mass is 409 g/mol. The molecule has 0 atom stereocenters. The van der Waals surface area contributed by atoms with Crippen molar-refractivity contribution in [2.45, 2.75) is 0 Å². The molecular formula is C11H6BrFINO2. The van der Waals surface area contributed by atoms with E-state index in [0.29, 0.717) is 4.47 Å². The molecule has 1 heterocycles. The van der Waals surface area contributed by atoms with Crippen LogP contribution in [0.15, 0.2) is 34.9 Å². The van der Waals surface area contributed by atoms with Gasteiger partial charge in [-0.2, -0.15) is 0 Å². The molecule has 0 saturated heterocycles. The van der Waals surface area contributed by atoms with E-state index in [9.17, 15) is 9.18 Å². The van der Waals surface area contributed by atoms with Crippen LogP contribution in [0, 0.1) is 9.39 Å². The number of nitrogens with zero attached hydrogens (tertiary/aromatic N) is 1. The number of hydrogen-bond donors (Lipinski definition) is 1. The Morgan fingerprint density at radius 1 is 1.41 bits per heavy atom. The van der Waals surface area contributed by atoms with Gasteiger partial charge >= 0.3 is 5.97 Å². The van der Waals surface area contributed by atoms with Crippen molar-refractivity contribution in [2.75, 3.05) is 0 Å². The number of carboxylic acids is 1. The van der Waals surface area contributed by atoms with Crippen LogP contribution in [0.2, 0.25) is 0 Å². The Bertz CT molecular complexity index is 597. The SMILES string of the molecule is O=C(O)c1cc(I)cn1-c1cc(Br)ccc1F. The summed E-state index contributed by atoms with van der Waals surface area (Å²) in [4.78, 5) is 11.0. The Morgan fingerprint density at radius 2 is 2.12 bits per heavy atom. The highest BCUT2D eigenvalue weighted by Gasteiger charge is 2.15. The molecule has 2 aromatic rings. The number of aromatic carboxylic acids is 1. The lowest BCUT2D eigenvalue weighted by atomic mass is 10.3. The Balaban J connectivity index is 2.67. The van der Waals surface area contributed by atoms with E-state index in [0.717, 1.165) is 3.57 Å². The van der Waals surface area contributed by atoms with Gasteiger partial charge in [0.05, 0.1) is 5.69 Å². The standard InChI is InChI=1S/C11H6BrFINO2/c12-6-1-2-8(13)9(3-6)15-5-7(14)4-10(15)11(16)17/h1-5H,(H,16,17). The van der Waals surface area contributed by atoms with Crippen LogP contribution in [-0.4, -0.2) is 15.6 Å². The molecule has 0 aliphatic rings. The molecule has 1 aromatic carbocycles. The van der Waals surface area contributed by atoms with Crippen molar-refractivity contribution in [2.24, 2.45) is 0 Å². The van der Waals surface area contributed by atoms with Gasteiger partial charge in [-0.05, 0) is 46.9 Å². The summed E-state index contributed by atoms with van der Waals surface area (Å²) in [5.41, 5.74) is 0.242. The second kappa shape index (κ2) is 4.77. The first-order chi connectivity index (χ1) is 7.99. The highest BCUT2D eigenvalue weighted by atomic mass is 127. The summed E-state index contributed by atoms with van der Waals surface area (Å²) in [6.45, 7) is 0.